The molecular weight excluding hydrogens is 715 g/mol. The lowest BCUT2D eigenvalue weighted by molar-refractivity contribution is 1.13. The maximum absolute atomic E-state index is 2.62. The summed E-state index contributed by atoms with van der Waals surface area (Å²) in [5, 5.41) is 10.2. The van der Waals surface area contributed by atoms with E-state index in [9.17, 15) is 0 Å². The van der Waals surface area contributed by atoms with E-state index >= 15 is 0 Å². The van der Waals surface area contributed by atoms with Crippen molar-refractivity contribution in [3.63, 3.8) is 0 Å². The SMILES string of the molecule is c1ccc(-n2c3ccccc3c3cc4c(cc32)c2cccc3c2n4-c2cccc4c2B3c2cccc3c5ccc6c7ccccc7n(-c7ccccc7)c6c5n-4c23)cc1. The van der Waals surface area contributed by atoms with Gasteiger partial charge in [-0.15, -0.1) is 0 Å². The zero-order valence-electron chi connectivity index (χ0n) is 31.8. The number of fused-ring (bicyclic) bond motifs is 17. The van der Waals surface area contributed by atoms with Crippen LogP contribution in [0.25, 0.3) is 110 Å². The summed E-state index contributed by atoms with van der Waals surface area (Å²) in [5.41, 5.74) is 19.0. The van der Waals surface area contributed by atoms with E-state index in [2.05, 4.69) is 206 Å². The number of hydrogen-bond acceptors (Lipinski definition) is 0. The molecule has 0 radical (unpaired) electrons. The highest BCUT2D eigenvalue weighted by molar-refractivity contribution is 7.00. The van der Waals surface area contributed by atoms with Crippen LogP contribution in [0.3, 0.4) is 0 Å². The molecule has 2 aliphatic rings. The van der Waals surface area contributed by atoms with Gasteiger partial charge < -0.3 is 18.3 Å². The summed E-state index contributed by atoms with van der Waals surface area (Å²) in [5.74, 6) is 0. The fourth-order valence-electron chi connectivity index (χ4n) is 11.5. The largest absolute Gasteiger partial charge is 0.310 e. The molecule has 0 saturated heterocycles. The number of hydrogen-bond donors (Lipinski definition) is 0. The van der Waals surface area contributed by atoms with Crippen molar-refractivity contribution in [3.8, 4) is 22.7 Å². The van der Waals surface area contributed by atoms with Gasteiger partial charge in [-0.25, -0.2) is 0 Å². The van der Waals surface area contributed by atoms with Crippen molar-refractivity contribution in [3.05, 3.63) is 188 Å². The zero-order valence-corrected chi connectivity index (χ0v) is 31.8. The van der Waals surface area contributed by atoms with Crippen molar-refractivity contribution < 1.29 is 0 Å². The first-order valence-corrected chi connectivity index (χ1v) is 20.6. The van der Waals surface area contributed by atoms with Crippen LogP contribution in [0.4, 0.5) is 0 Å². The molecule has 4 aromatic heterocycles. The molecule has 0 saturated carbocycles. The van der Waals surface area contributed by atoms with Gasteiger partial charge in [0.25, 0.3) is 6.71 Å². The summed E-state index contributed by atoms with van der Waals surface area (Å²) < 4.78 is 10.1. The van der Waals surface area contributed by atoms with Crippen LogP contribution in [0.5, 0.6) is 0 Å². The van der Waals surface area contributed by atoms with Crippen LogP contribution in [-0.2, 0) is 0 Å². The monoisotopic (exact) mass is 746 g/mol. The first-order valence-electron chi connectivity index (χ1n) is 20.6. The van der Waals surface area contributed by atoms with Gasteiger partial charge in [0.1, 0.15) is 0 Å². The van der Waals surface area contributed by atoms with Crippen molar-refractivity contribution in [1.29, 1.82) is 0 Å². The third-order valence-electron chi connectivity index (χ3n) is 13.7. The second kappa shape index (κ2) is 10.6. The molecule has 0 atom stereocenters. The zero-order chi connectivity index (χ0) is 38.1. The Kier molecular flexibility index (Phi) is 5.46. The normalized spacial score (nSPS) is 13.1. The standard InChI is InChI=1S/C54H31BN4/c1-3-14-32(15-4-1)56-44-24-9-8-19-35(44)40-30-49-41(31-48(40)56)37-21-12-22-42-51(37)58(49)46-26-13-27-47-50(46)55(42)43-23-11-20-36-39-29-28-38-34-18-7-10-25-45(34)57(33-16-5-2-6-17-33)53(38)54(39)59(47)52(36)43/h1-31H. The van der Waals surface area contributed by atoms with Crippen molar-refractivity contribution in [2.75, 3.05) is 0 Å². The average molecular weight is 747 g/mol. The summed E-state index contributed by atoms with van der Waals surface area (Å²) >= 11 is 0. The minimum atomic E-state index is 0.0890. The fourth-order valence-corrected chi connectivity index (χ4v) is 11.5. The second-order valence-electron chi connectivity index (χ2n) is 16.4. The number of benzene rings is 9. The summed E-state index contributed by atoms with van der Waals surface area (Å²) in [4.78, 5) is 0. The van der Waals surface area contributed by atoms with E-state index < -0.39 is 0 Å². The molecule has 0 spiro atoms. The highest BCUT2D eigenvalue weighted by Crippen LogP contribution is 2.45. The number of para-hydroxylation sites is 6. The van der Waals surface area contributed by atoms with Gasteiger partial charge in [0.15, 0.2) is 0 Å². The van der Waals surface area contributed by atoms with E-state index in [1.807, 2.05) is 0 Å². The molecule has 0 unspecified atom stereocenters. The molecule has 0 amide bonds. The van der Waals surface area contributed by atoms with Gasteiger partial charge in [0.05, 0.1) is 33.1 Å². The summed E-state index contributed by atoms with van der Waals surface area (Å²) in [7, 11) is 0. The molecule has 15 rings (SSSR count). The third-order valence-corrected chi connectivity index (χ3v) is 13.7. The van der Waals surface area contributed by atoms with Crippen LogP contribution in [0, 0.1) is 0 Å². The smallest absolute Gasteiger partial charge is 0.252 e. The fraction of sp³-hybridized carbons (Fsp3) is 0. The van der Waals surface area contributed by atoms with Gasteiger partial charge in [-0.05, 0) is 77.1 Å². The summed E-state index contributed by atoms with van der Waals surface area (Å²) in [6.45, 7) is 0.0890. The molecule has 4 nitrogen and oxygen atoms in total. The Morgan fingerprint density at radius 1 is 0.271 bits per heavy atom. The number of nitrogens with zero attached hydrogens (tertiary/aromatic N) is 4. The highest BCUT2D eigenvalue weighted by Gasteiger charge is 2.41. The van der Waals surface area contributed by atoms with Crippen molar-refractivity contribution in [1.82, 2.24) is 18.3 Å². The molecule has 0 N–H and O–H groups in total. The van der Waals surface area contributed by atoms with Crippen LogP contribution < -0.4 is 16.4 Å². The van der Waals surface area contributed by atoms with Crippen LogP contribution in [0.2, 0.25) is 0 Å². The lowest BCUT2D eigenvalue weighted by Gasteiger charge is -2.33. The Labute approximate surface area is 338 Å². The van der Waals surface area contributed by atoms with E-state index in [4.69, 9.17) is 0 Å². The van der Waals surface area contributed by atoms with E-state index in [1.165, 1.54) is 126 Å². The van der Waals surface area contributed by atoms with Crippen LogP contribution in [0.1, 0.15) is 0 Å². The Balaban J connectivity index is 1.11. The molecular formula is C54H31BN4. The minimum Gasteiger partial charge on any atom is -0.310 e. The second-order valence-corrected chi connectivity index (χ2v) is 16.4. The summed E-state index contributed by atoms with van der Waals surface area (Å²) in [6.07, 6.45) is 0. The van der Waals surface area contributed by atoms with Gasteiger partial charge in [-0.2, -0.15) is 0 Å². The molecule has 0 fully saturated rings. The topological polar surface area (TPSA) is 19.7 Å². The Morgan fingerprint density at radius 2 is 0.712 bits per heavy atom. The highest BCUT2D eigenvalue weighted by atomic mass is 15.1. The molecule has 0 bridgehead atoms. The average Bonchev–Trinajstić information content (AvgIpc) is 4.02. The molecule has 2 aliphatic heterocycles. The van der Waals surface area contributed by atoms with E-state index in [-0.39, 0.29) is 6.71 Å². The van der Waals surface area contributed by atoms with Gasteiger partial charge >= 0.3 is 0 Å². The molecule has 270 valence electrons. The third kappa shape index (κ3) is 3.56. The van der Waals surface area contributed by atoms with Gasteiger partial charge in [-0.3, -0.25) is 0 Å². The molecule has 13 aromatic rings. The maximum Gasteiger partial charge on any atom is 0.252 e. The molecule has 0 aliphatic carbocycles. The van der Waals surface area contributed by atoms with Gasteiger partial charge in [0, 0.05) is 76.9 Å². The number of rotatable bonds is 2. The molecule has 59 heavy (non-hydrogen) atoms. The number of aromatic nitrogens is 4. The first kappa shape index (κ1) is 30.4. The van der Waals surface area contributed by atoms with E-state index in [1.54, 1.807) is 0 Å². The van der Waals surface area contributed by atoms with Crippen LogP contribution in [0.15, 0.2) is 188 Å². The van der Waals surface area contributed by atoms with Gasteiger partial charge in [0.2, 0.25) is 0 Å². The van der Waals surface area contributed by atoms with Gasteiger partial charge in [-0.1, -0.05) is 127 Å². The Bertz CT molecular complexity index is 4010. The van der Waals surface area contributed by atoms with Crippen LogP contribution in [-0.4, -0.2) is 25.0 Å². The lowest BCUT2D eigenvalue weighted by atomic mass is 9.34. The van der Waals surface area contributed by atoms with Crippen molar-refractivity contribution in [2.24, 2.45) is 0 Å². The van der Waals surface area contributed by atoms with Crippen LogP contribution >= 0.6 is 0 Å². The first-order chi connectivity index (χ1) is 29.3. The quantitative estimate of drug-likeness (QED) is 0.157. The van der Waals surface area contributed by atoms with Crippen molar-refractivity contribution in [2.45, 2.75) is 0 Å². The predicted octanol–water partition coefficient (Wildman–Crippen LogP) is 11.2. The summed E-state index contributed by atoms with van der Waals surface area (Å²) in [6, 6.07) is 70.2. The minimum absolute atomic E-state index is 0.0890. The van der Waals surface area contributed by atoms with Crippen molar-refractivity contribution >= 4 is 110 Å². The van der Waals surface area contributed by atoms with E-state index in [0.29, 0.717) is 0 Å². The molecule has 5 heteroatoms. The Morgan fingerprint density at radius 3 is 1.41 bits per heavy atom. The maximum atomic E-state index is 2.62. The predicted molar refractivity (Wildman–Crippen MR) is 248 cm³/mol. The molecule has 9 aromatic carbocycles. The lowest BCUT2D eigenvalue weighted by Crippen LogP contribution is -2.59. The molecule has 6 heterocycles. The Hall–Kier alpha value is -7.76. The van der Waals surface area contributed by atoms with E-state index in [0.717, 1.165) is 0 Å².